The van der Waals surface area contributed by atoms with E-state index in [1.807, 2.05) is 37.3 Å². The molecule has 19 heavy (non-hydrogen) atoms. The first-order valence-electron chi connectivity index (χ1n) is 5.87. The van der Waals surface area contributed by atoms with Gasteiger partial charge < -0.3 is 14.3 Å². The molecule has 0 aliphatic rings. The standard InChI is InChI=1S/C15H14O4/c1-2-3-8-18-12-6-4-5-11(10-12)13-7-9-19-14(13)15(16)17/h2-7,9-10H,8H2,1H3,(H,16,17). The zero-order valence-corrected chi connectivity index (χ0v) is 10.5. The first kappa shape index (κ1) is 13.0. The lowest BCUT2D eigenvalue weighted by atomic mass is 10.1. The van der Waals surface area contributed by atoms with Gasteiger partial charge in [-0.2, -0.15) is 0 Å². The zero-order chi connectivity index (χ0) is 13.7. The molecule has 98 valence electrons. The highest BCUT2D eigenvalue weighted by Gasteiger charge is 2.15. The number of aromatic carboxylic acids is 1. The minimum absolute atomic E-state index is 0.0643. The molecule has 0 aliphatic carbocycles. The number of furan rings is 1. The van der Waals surface area contributed by atoms with Gasteiger partial charge in [-0.25, -0.2) is 4.79 Å². The average molecular weight is 258 g/mol. The SMILES string of the molecule is CC=CCOc1cccc(-c2ccoc2C(=O)O)c1. The summed E-state index contributed by atoms with van der Waals surface area (Å²) in [6.45, 7) is 2.40. The van der Waals surface area contributed by atoms with Gasteiger partial charge in [0.2, 0.25) is 5.76 Å². The minimum Gasteiger partial charge on any atom is -0.490 e. The summed E-state index contributed by atoms with van der Waals surface area (Å²) in [5.41, 5.74) is 1.30. The van der Waals surface area contributed by atoms with Crippen LogP contribution in [0.1, 0.15) is 17.5 Å². The molecule has 0 saturated carbocycles. The normalized spacial score (nSPS) is 10.8. The molecule has 0 spiro atoms. The largest absolute Gasteiger partial charge is 0.490 e. The quantitative estimate of drug-likeness (QED) is 0.832. The summed E-state index contributed by atoms with van der Waals surface area (Å²) in [7, 11) is 0. The van der Waals surface area contributed by atoms with E-state index in [1.54, 1.807) is 12.1 Å². The maximum atomic E-state index is 11.0. The molecule has 1 N–H and O–H groups in total. The molecule has 0 amide bonds. The Bertz CT molecular complexity index is 596. The zero-order valence-electron chi connectivity index (χ0n) is 10.5. The van der Waals surface area contributed by atoms with Crippen LogP contribution < -0.4 is 4.74 Å². The van der Waals surface area contributed by atoms with Crippen molar-refractivity contribution in [2.45, 2.75) is 6.92 Å². The topological polar surface area (TPSA) is 59.7 Å². The maximum absolute atomic E-state index is 11.0. The van der Waals surface area contributed by atoms with Gasteiger partial charge in [0, 0.05) is 5.56 Å². The highest BCUT2D eigenvalue weighted by molar-refractivity contribution is 5.93. The van der Waals surface area contributed by atoms with E-state index < -0.39 is 5.97 Å². The van der Waals surface area contributed by atoms with Crippen molar-refractivity contribution in [3.63, 3.8) is 0 Å². The number of hydrogen-bond donors (Lipinski definition) is 1. The molecule has 0 bridgehead atoms. The molecule has 1 heterocycles. The van der Waals surface area contributed by atoms with Crippen LogP contribution >= 0.6 is 0 Å². The fourth-order valence-corrected chi connectivity index (χ4v) is 1.70. The van der Waals surface area contributed by atoms with E-state index in [2.05, 4.69) is 0 Å². The van der Waals surface area contributed by atoms with Gasteiger partial charge in [-0.05, 0) is 30.7 Å². The third-order valence-electron chi connectivity index (χ3n) is 2.59. The van der Waals surface area contributed by atoms with Gasteiger partial charge in [-0.3, -0.25) is 0 Å². The van der Waals surface area contributed by atoms with E-state index in [0.29, 0.717) is 17.9 Å². The number of hydrogen-bond acceptors (Lipinski definition) is 3. The highest BCUT2D eigenvalue weighted by Crippen LogP contribution is 2.28. The van der Waals surface area contributed by atoms with Crippen LogP contribution in [0.15, 0.2) is 53.2 Å². The lowest BCUT2D eigenvalue weighted by Gasteiger charge is -2.05. The maximum Gasteiger partial charge on any atom is 0.372 e. The fraction of sp³-hybridized carbons (Fsp3) is 0.133. The Morgan fingerprint density at radius 1 is 1.42 bits per heavy atom. The van der Waals surface area contributed by atoms with Crippen LogP contribution in [0.5, 0.6) is 5.75 Å². The van der Waals surface area contributed by atoms with E-state index in [0.717, 1.165) is 5.56 Å². The molecule has 0 fully saturated rings. The molecule has 1 aromatic carbocycles. The predicted molar refractivity (Wildman–Crippen MR) is 71.4 cm³/mol. The van der Waals surface area contributed by atoms with Crippen LogP contribution in [0.4, 0.5) is 0 Å². The molecule has 0 unspecified atom stereocenters. The molecule has 4 nitrogen and oxygen atoms in total. The molecule has 0 saturated heterocycles. The third-order valence-corrected chi connectivity index (χ3v) is 2.59. The van der Waals surface area contributed by atoms with Crippen molar-refractivity contribution in [2.75, 3.05) is 6.61 Å². The molecular weight excluding hydrogens is 244 g/mol. The number of rotatable bonds is 5. The third kappa shape index (κ3) is 3.04. The molecule has 2 aromatic rings. The summed E-state index contributed by atoms with van der Waals surface area (Å²) in [5.74, 6) is -0.459. The molecular formula is C15H14O4. The smallest absolute Gasteiger partial charge is 0.372 e. The van der Waals surface area contributed by atoms with Crippen LogP contribution in [0, 0.1) is 0 Å². The first-order valence-corrected chi connectivity index (χ1v) is 5.87. The second-order valence-corrected chi connectivity index (χ2v) is 3.88. The lowest BCUT2D eigenvalue weighted by Crippen LogP contribution is -1.96. The van der Waals surface area contributed by atoms with E-state index in [1.165, 1.54) is 6.26 Å². The Morgan fingerprint density at radius 3 is 3.00 bits per heavy atom. The summed E-state index contributed by atoms with van der Waals surface area (Å²) in [6.07, 6.45) is 5.17. The summed E-state index contributed by atoms with van der Waals surface area (Å²) in [6, 6.07) is 8.89. The van der Waals surface area contributed by atoms with Gasteiger partial charge in [0.15, 0.2) is 0 Å². The van der Waals surface area contributed by atoms with Crippen LogP contribution in [0.2, 0.25) is 0 Å². The van der Waals surface area contributed by atoms with Gasteiger partial charge in [0.1, 0.15) is 12.4 Å². The van der Waals surface area contributed by atoms with Crippen LogP contribution in [0.3, 0.4) is 0 Å². The first-order chi connectivity index (χ1) is 9.22. The minimum atomic E-state index is -1.08. The average Bonchev–Trinajstić information content (AvgIpc) is 2.89. The van der Waals surface area contributed by atoms with E-state index in [4.69, 9.17) is 14.3 Å². The Kier molecular flexibility index (Phi) is 4.03. The van der Waals surface area contributed by atoms with Crippen molar-refractivity contribution < 1.29 is 19.1 Å². The fourth-order valence-electron chi connectivity index (χ4n) is 1.70. The van der Waals surface area contributed by atoms with Crippen molar-refractivity contribution in [1.29, 1.82) is 0 Å². The highest BCUT2D eigenvalue weighted by atomic mass is 16.5. The van der Waals surface area contributed by atoms with Crippen molar-refractivity contribution >= 4 is 5.97 Å². The lowest BCUT2D eigenvalue weighted by molar-refractivity contribution is 0.0663. The Hall–Kier alpha value is -2.49. The van der Waals surface area contributed by atoms with Gasteiger partial charge in [-0.1, -0.05) is 24.3 Å². The summed E-state index contributed by atoms with van der Waals surface area (Å²) in [4.78, 5) is 11.0. The summed E-state index contributed by atoms with van der Waals surface area (Å²) in [5, 5.41) is 9.02. The van der Waals surface area contributed by atoms with E-state index in [-0.39, 0.29) is 5.76 Å². The molecule has 2 rings (SSSR count). The van der Waals surface area contributed by atoms with Crippen molar-refractivity contribution in [2.24, 2.45) is 0 Å². The van der Waals surface area contributed by atoms with Crippen molar-refractivity contribution in [3.8, 4) is 16.9 Å². The predicted octanol–water partition coefficient (Wildman–Crippen LogP) is 3.60. The van der Waals surface area contributed by atoms with Gasteiger partial charge in [-0.15, -0.1) is 0 Å². The van der Waals surface area contributed by atoms with Crippen molar-refractivity contribution in [3.05, 3.63) is 54.5 Å². The number of benzene rings is 1. The monoisotopic (exact) mass is 258 g/mol. The Morgan fingerprint density at radius 2 is 2.26 bits per heavy atom. The molecule has 4 heteroatoms. The summed E-state index contributed by atoms with van der Waals surface area (Å²) >= 11 is 0. The summed E-state index contributed by atoms with van der Waals surface area (Å²) < 4.78 is 10.5. The second-order valence-electron chi connectivity index (χ2n) is 3.88. The Balaban J connectivity index is 2.27. The van der Waals surface area contributed by atoms with Gasteiger partial charge in [0.25, 0.3) is 0 Å². The number of carboxylic acids is 1. The number of ether oxygens (including phenoxy) is 1. The molecule has 1 aromatic heterocycles. The molecule has 0 atom stereocenters. The van der Waals surface area contributed by atoms with Gasteiger partial charge in [0.05, 0.1) is 6.26 Å². The van der Waals surface area contributed by atoms with E-state index >= 15 is 0 Å². The van der Waals surface area contributed by atoms with Crippen molar-refractivity contribution in [1.82, 2.24) is 0 Å². The number of carbonyl (C=O) groups is 1. The van der Waals surface area contributed by atoms with Crippen LogP contribution in [-0.2, 0) is 0 Å². The number of carboxylic acid groups (broad SMARTS) is 1. The van der Waals surface area contributed by atoms with Gasteiger partial charge >= 0.3 is 5.97 Å². The van der Waals surface area contributed by atoms with E-state index in [9.17, 15) is 4.79 Å². The Labute approximate surface area is 110 Å². The molecule has 0 aliphatic heterocycles. The molecule has 0 radical (unpaired) electrons. The van der Waals surface area contributed by atoms with Crippen LogP contribution in [-0.4, -0.2) is 17.7 Å². The van der Waals surface area contributed by atoms with Crippen LogP contribution in [0.25, 0.3) is 11.1 Å². The number of allylic oxidation sites excluding steroid dienone is 1. The second kappa shape index (κ2) is 5.91.